The topological polar surface area (TPSA) is 0 Å². The summed E-state index contributed by atoms with van der Waals surface area (Å²) in [6.45, 7) is 0. The van der Waals surface area contributed by atoms with Crippen molar-refractivity contribution in [1.29, 1.82) is 0 Å². The van der Waals surface area contributed by atoms with E-state index >= 15 is 0 Å². The largest absolute Gasteiger partial charge is 2.00 e. The van der Waals surface area contributed by atoms with E-state index in [1.54, 1.807) is 0 Å². The van der Waals surface area contributed by atoms with Gasteiger partial charge in [0.2, 0.25) is 0 Å². The van der Waals surface area contributed by atoms with Crippen LogP contribution in [-0.4, -0.2) is 94.4 Å². The van der Waals surface area contributed by atoms with Crippen LogP contribution < -0.4 is 0 Å². The van der Waals surface area contributed by atoms with E-state index in [4.69, 9.17) is 0 Å². The van der Waals surface area contributed by atoms with Gasteiger partial charge in [0.05, 0.1) is 0 Å². The second kappa shape index (κ2) is 15.9. The smallest absolute Gasteiger partial charge is 2.00 e. The van der Waals surface area contributed by atoms with E-state index in [0.717, 1.165) is 0 Å². The van der Waals surface area contributed by atoms with Gasteiger partial charge in [0, 0.05) is 0 Å². The molecule has 0 aliphatic heterocycles. The maximum absolute atomic E-state index is 0. The molecule has 0 atom stereocenters. The van der Waals surface area contributed by atoms with Crippen LogP contribution in [0.2, 0.25) is 0 Å². The van der Waals surface area contributed by atoms with Crippen LogP contribution in [0.15, 0.2) is 0 Å². The molecule has 0 heterocycles. The third-order valence-corrected chi connectivity index (χ3v) is 0. The standard InChI is InChI=1S/Ba.2S.Sr/q+2;2*-2;+2. The van der Waals surface area contributed by atoms with E-state index in [-0.39, 0.29) is 121 Å². The molecule has 0 spiro atoms. The third kappa shape index (κ3) is 9.23. The molecular formula is BaS2Sr. The zero-order valence-corrected chi connectivity index (χ0v) is 11.8. The van der Waals surface area contributed by atoms with Gasteiger partial charge in [0.15, 0.2) is 0 Å². The minimum Gasteiger partial charge on any atom is -2.00 e. The van der Waals surface area contributed by atoms with E-state index in [9.17, 15) is 0 Å². The van der Waals surface area contributed by atoms with Gasteiger partial charge in [-0.1, -0.05) is 0 Å². The fourth-order valence-electron chi connectivity index (χ4n) is 0. The van der Waals surface area contributed by atoms with Crippen molar-refractivity contribution >= 4 is 121 Å². The molecule has 0 rings (SSSR count). The first-order valence-corrected chi connectivity index (χ1v) is 0. The monoisotopic (exact) mass is 290 g/mol. The normalized spacial score (nSPS) is 0. The van der Waals surface area contributed by atoms with Crippen LogP contribution in [0.4, 0.5) is 0 Å². The molecule has 4 heavy (non-hydrogen) atoms. The Hall–Kier alpha value is 3.75. The molecule has 0 fully saturated rings. The molecule has 0 aliphatic rings. The zero-order valence-electron chi connectivity index (χ0n) is 2.23. The van der Waals surface area contributed by atoms with E-state index in [2.05, 4.69) is 0 Å². The second-order valence-corrected chi connectivity index (χ2v) is 0. The molecule has 0 amide bonds. The Kier molecular flexibility index (Phi) is 99.6. The van der Waals surface area contributed by atoms with Gasteiger partial charge in [-0.2, -0.15) is 0 Å². The van der Waals surface area contributed by atoms with Crippen LogP contribution in [0.5, 0.6) is 0 Å². The second-order valence-electron chi connectivity index (χ2n) is 0. The van der Waals surface area contributed by atoms with Crippen LogP contribution in [0, 0.1) is 0 Å². The number of rotatable bonds is 0. The van der Waals surface area contributed by atoms with Crippen molar-refractivity contribution in [2.24, 2.45) is 0 Å². The van der Waals surface area contributed by atoms with E-state index in [1.165, 1.54) is 0 Å². The Balaban J connectivity index is 0. The van der Waals surface area contributed by atoms with Gasteiger partial charge in [0.1, 0.15) is 0 Å². The molecule has 0 aliphatic carbocycles. The van der Waals surface area contributed by atoms with E-state index in [1.807, 2.05) is 0 Å². The van der Waals surface area contributed by atoms with Crippen LogP contribution in [0.3, 0.4) is 0 Å². The van der Waals surface area contributed by atoms with Crippen LogP contribution in [-0.2, 0) is 27.0 Å². The van der Waals surface area contributed by atoms with Crippen molar-refractivity contribution in [2.45, 2.75) is 0 Å². The first-order valence-electron chi connectivity index (χ1n) is 0. The van der Waals surface area contributed by atoms with Crippen LogP contribution in [0.25, 0.3) is 0 Å². The molecule has 0 saturated carbocycles. The van der Waals surface area contributed by atoms with Crippen molar-refractivity contribution in [2.75, 3.05) is 0 Å². The maximum atomic E-state index is 0. The van der Waals surface area contributed by atoms with Crippen LogP contribution in [0.1, 0.15) is 0 Å². The minimum atomic E-state index is 0. The fourth-order valence-corrected chi connectivity index (χ4v) is 0. The zero-order chi connectivity index (χ0) is 0. The quantitative estimate of drug-likeness (QED) is 0.514. The number of hydrogen-bond donors (Lipinski definition) is 0. The average molecular weight is 289 g/mol. The number of hydrogen-bond acceptors (Lipinski definition) is 0. The molecule has 0 radical (unpaired) electrons. The average Bonchev–Trinajstić information content (AvgIpc) is 0. The molecule has 0 nitrogen and oxygen atoms in total. The predicted molar refractivity (Wildman–Crippen MR) is 26.2 cm³/mol. The Labute approximate surface area is 118 Å². The van der Waals surface area contributed by atoms with Gasteiger partial charge >= 0.3 is 94.4 Å². The predicted octanol–water partition coefficient (Wildman–Crippen LogP) is -0.766. The summed E-state index contributed by atoms with van der Waals surface area (Å²) in [5.41, 5.74) is 0. The minimum absolute atomic E-state index is 0. The van der Waals surface area contributed by atoms with Crippen molar-refractivity contribution in [1.82, 2.24) is 0 Å². The molecular weight excluding hydrogens is 289 g/mol. The summed E-state index contributed by atoms with van der Waals surface area (Å²) < 4.78 is 0. The summed E-state index contributed by atoms with van der Waals surface area (Å²) in [6.07, 6.45) is 0. The summed E-state index contributed by atoms with van der Waals surface area (Å²) >= 11 is 0. The molecule has 0 aromatic carbocycles. The van der Waals surface area contributed by atoms with Gasteiger partial charge in [-0.15, -0.1) is 0 Å². The Bertz CT molecular complexity index is 6.00. The fraction of sp³-hybridized carbons (Fsp3) is 0. The van der Waals surface area contributed by atoms with E-state index < -0.39 is 0 Å². The van der Waals surface area contributed by atoms with Crippen molar-refractivity contribution < 1.29 is 0 Å². The summed E-state index contributed by atoms with van der Waals surface area (Å²) in [5.74, 6) is 0. The molecule has 16 valence electrons. The first kappa shape index (κ1) is 25.1. The SMILES string of the molecule is [Ba+2].[S-2].[S-2].[Sr+2]. The van der Waals surface area contributed by atoms with Gasteiger partial charge < -0.3 is 27.0 Å². The molecule has 0 aromatic heterocycles. The summed E-state index contributed by atoms with van der Waals surface area (Å²) in [7, 11) is 0. The van der Waals surface area contributed by atoms with Crippen molar-refractivity contribution in [3.05, 3.63) is 0 Å². The molecule has 0 saturated heterocycles. The van der Waals surface area contributed by atoms with Crippen molar-refractivity contribution in [3.63, 3.8) is 0 Å². The van der Waals surface area contributed by atoms with Crippen molar-refractivity contribution in [3.8, 4) is 0 Å². The molecule has 0 bridgehead atoms. The maximum Gasteiger partial charge on any atom is 2.00 e. The summed E-state index contributed by atoms with van der Waals surface area (Å²) in [6, 6.07) is 0. The van der Waals surface area contributed by atoms with Gasteiger partial charge in [-0.25, -0.2) is 0 Å². The van der Waals surface area contributed by atoms with Crippen LogP contribution >= 0.6 is 0 Å². The molecule has 0 N–H and O–H groups in total. The molecule has 0 aromatic rings. The molecule has 0 unspecified atom stereocenters. The van der Waals surface area contributed by atoms with Gasteiger partial charge in [0.25, 0.3) is 0 Å². The van der Waals surface area contributed by atoms with Gasteiger partial charge in [-0.05, 0) is 0 Å². The summed E-state index contributed by atoms with van der Waals surface area (Å²) in [5, 5.41) is 0. The first-order chi connectivity index (χ1) is 0. The molecule has 4 heteroatoms. The Morgan fingerprint density at radius 3 is 0.750 bits per heavy atom. The Morgan fingerprint density at radius 1 is 0.750 bits per heavy atom. The third-order valence-electron chi connectivity index (χ3n) is 0. The Morgan fingerprint density at radius 2 is 0.750 bits per heavy atom. The van der Waals surface area contributed by atoms with E-state index in [0.29, 0.717) is 0 Å². The summed E-state index contributed by atoms with van der Waals surface area (Å²) in [4.78, 5) is 0. The van der Waals surface area contributed by atoms with Gasteiger partial charge in [-0.3, -0.25) is 0 Å².